The molecule has 1 aliphatic rings. The molecule has 1 aliphatic carbocycles. The molecule has 1 aromatic rings. The third-order valence-electron chi connectivity index (χ3n) is 3.70. The third-order valence-corrected chi connectivity index (χ3v) is 4.72. The summed E-state index contributed by atoms with van der Waals surface area (Å²) in [7, 11) is 0. The van der Waals surface area contributed by atoms with Crippen LogP contribution in [-0.2, 0) is 10.5 Å². The van der Waals surface area contributed by atoms with E-state index in [0.29, 0.717) is 6.42 Å². The summed E-state index contributed by atoms with van der Waals surface area (Å²) in [6.07, 6.45) is 5.01. The van der Waals surface area contributed by atoms with Gasteiger partial charge in [-0.2, -0.15) is 11.8 Å². The minimum Gasteiger partial charge on any atom is -0.480 e. The molecular weight excluding hydrogens is 250 g/mol. The molecule has 0 saturated heterocycles. The van der Waals surface area contributed by atoms with Crippen LogP contribution < -0.4 is 5.73 Å². The molecule has 1 saturated carbocycles. The van der Waals surface area contributed by atoms with E-state index < -0.39 is 11.5 Å². The van der Waals surface area contributed by atoms with E-state index in [2.05, 4.69) is 0 Å². The number of furan rings is 1. The van der Waals surface area contributed by atoms with Crippen LogP contribution in [0.25, 0.3) is 0 Å². The van der Waals surface area contributed by atoms with Crippen molar-refractivity contribution in [3.05, 3.63) is 24.2 Å². The highest BCUT2D eigenvalue weighted by molar-refractivity contribution is 7.98. The quantitative estimate of drug-likeness (QED) is 0.776. The van der Waals surface area contributed by atoms with Gasteiger partial charge in [0.2, 0.25) is 0 Å². The first kappa shape index (κ1) is 13.5. The Hall–Kier alpha value is -0.940. The van der Waals surface area contributed by atoms with Gasteiger partial charge in [0.05, 0.1) is 12.0 Å². The van der Waals surface area contributed by atoms with E-state index in [1.54, 1.807) is 18.0 Å². The van der Waals surface area contributed by atoms with Crippen molar-refractivity contribution in [3.63, 3.8) is 0 Å². The standard InChI is InChI=1S/C13H19NO3S/c14-13(12(15)16)6-1-3-10(13)5-8-18-9-11-4-2-7-17-11/h2,4,7,10H,1,3,5-6,8-9,14H2,(H,15,16). The fourth-order valence-corrected chi connectivity index (χ4v) is 3.54. The lowest BCUT2D eigenvalue weighted by atomic mass is 9.86. The maximum Gasteiger partial charge on any atom is 0.323 e. The lowest BCUT2D eigenvalue weighted by Crippen LogP contribution is -2.51. The zero-order valence-electron chi connectivity index (χ0n) is 10.3. The number of carboxylic acids is 1. The highest BCUT2D eigenvalue weighted by Gasteiger charge is 2.45. The molecule has 4 nitrogen and oxygen atoms in total. The second-order valence-corrected chi connectivity index (χ2v) is 5.96. The van der Waals surface area contributed by atoms with Crippen molar-refractivity contribution in [2.75, 3.05) is 5.75 Å². The molecule has 18 heavy (non-hydrogen) atoms. The van der Waals surface area contributed by atoms with Gasteiger partial charge in [-0.25, -0.2) is 0 Å². The summed E-state index contributed by atoms with van der Waals surface area (Å²) in [5.74, 6) is 1.99. The summed E-state index contributed by atoms with van der Waals surface area (Å²) < 4.78 is 5.25. The van der Waals surface area contributed by atoms with E-state index in [4.69, 9.17) is 10.2 Å². The van der Waals surface area contributed by atoms with Gasteiger partial charge < -0.3 is 15.3 Å². The Morgan fingerprint density at radius 2 is 2.50 bits per heavy atom. The monoisotopic (exact) mass is 269 g/mol. The van der Waals surface area contributed by atoms with Crippen LogP contribution in [0.4, 0.5) is 0 Å². The molecule has 2 atom stereocenters. The largest absolute Gasteiger partial charge is 0.480 e. The van der Waals surface area contributed by atoms with Crippen LogP contribution in [0, 0.1) is 5.92 Å². The fraction of sp³-hybridized carbons (Fsp3) is 0.615. The number of hydrogen-bond acceptors (Lipinski definition) is 4. The summed E-state index contributed by atoms with van der Waals surface area (Å²) in [5, 5.41) is 9.20. The number of carbonyl (C=O) groups is 1. The van der Waals surface area contributed by atoms with Crippen LogP contribution in [0.3, 0.4) is 0 Å². The van der Waals surface area contributed by atoms with Crippen LogP contribution in [0.15, 0.2) is 22.8 Å². The average Bonchev–Trinajstić information content (AvgIpc) is 2.95. The first-order chi connectivity index (χ1) is 8.63. The van der Waals surface area contributed by atoms with E-state index in [-0.39, 0.29) is 5.92 Å². The van der Waals surface area contributed by atoms with Gasteiger partial charge in [0.1, 0.15) is 11.3 Å². The highest BCUT2D eigenvalue weighted by Crippen LogP contribution is 2.37. The van der Waals surface area contributed by atoms with Crippen LogP contribution in [0.5, 0.6) is 0 Å². The Kier molecular flexibility index (Phi) is 4.35. The van der Waals surface area contributed by atoms with Crippen molar-refractivity contribution < 1.29 is 14.3 Å². The average molecular weight is 269 g/mol. The molecule has 0 aromatic carbocycles. The Balaban J connectivity index is 1.74. The molecule has 1 fully saturated rings. The summed E-state index contributed by atoms with van der Waals surface area (Å²) >= 11 is 1.77. The number of aliphatic carboxylic acids is 1. The highest BCUT2D eigenvalue weighted by atomic mass is 32.2. The maximum atomic E-state index is 11.2. The van der Waals surface area contributed by atoms with Gasteiger partial charge in [0, 0.05) is 0 Å². The minimum atomic E-state index is -0.995. The molecule has 2 unspecified atom stereocenters. The molecule has 0 radical (unpaired) electrons. The zero-order valence-corrected chi connectivity index (χ0v) is 11.1. The Morgan fingerprint density at radius 3 is 3.17 bits per heavy atom. The smallest absolute Gasteiger partial charge is 0.323 e. The maximum absolute atomic E-state index is 11.2. The van der Waals surface area contributed by atoms with Crippen molar-refractivity contribution in [2.45, 2.75) is 37.0 Å². The number of nitrogens with two attached hydrogens (primary N) is 1. The molecule has 0 amide bonds. The van der Waals surface area contributed by atoms with E-state index in [0.717, 1.165) is 36.5 Å². The predicted molar refractivity (Wildman–Crippen MR) is 71.4 cm³/mol. The molecule has 0 spiro atoms. The second kappa shape index (κ2) is 5.80. The minimum absolute atomic E-state index is 0.110. The van der Waals surface area contributed by atoms with Gasteiger partial charge in [0.25, 0.3) is 0 Å². The van der Waals surface area contributed by atoms with Crippen LogP contribution in [-0.4, -0.2) is 22.4 Å². The molecule has 0 aliphatic heterocycles. The van der Waals surface area contributed by atoms with Gasteiger partial charge in [0.15, 0.2) is 0 Å². The van der Waals surface area contributed by atoms with Crippen LogP contribution in [0.1, 0.15) is 31.4 Å². The van der Waals surface area contributed by atoms with Gasteiger partial charge in [-0.05, 0) is 43.1 Å². The summed E-state index contributed by atoms with van der Waals surface area (Å²) in [6, 6.07) is 3.83. The zero-order chi connectivity index (χ0) is 13.0. The van der Waals surface area contributed by atoms with Crippen molar-refractivity contribution in [3.8, 4) is 0 Å². The summed E-state index contributed by atoms with van der Waals surface area (Å²) in [6.45, 7) is 0. The Labute approximate surface area is 111 Å². The molecule has 5 heteroatoms. The fourth-order valence-electron chi connectivity index (χ4n) is 2.58. The lowest BCUT2D eigenvalue weighted by Gasteiger charge is -2.26. The predicted octanol–water partition coefficient (Wildman–Crippen LogP) is 2.49. The Bertz CT molecular complexity index is 393. The molecule has 2 rings (SSSR count). The van der Waals surface area contributed by atoms with E-state index >= 15 is 0 Å². The van der Waals surface area contributed by atoms with Crippen molar-refractivity contribution in [1.82, 2.24) is 0 Å². The van der Waals surface area contributed by atoms with Gasteiger partial charge in [-0.3, -0.25) is 4.79 Å². The van der Waals surface area contributed by atoms with Gasteiger partial charge >= 0.3 is 5.97 Å². The summed E-state index contributed by atoms with van der Waals surface area (Å²) in [5.41, 5.74) is 5.00. The molecule has 100 valence electrons. The molecule has 1 heterocycles. The van der Waals surface area contributed by atoms with Crippen molar-refractivity contribution in [2.24, 2.45) is 11.7 Å². The third kappa shape index (κ3) is 2.90. The first-order valence-electron chi connectivity index (χ1n) is 6.25. The molecule has 3 N–H and O–H groups in total. The van der Waals surface area contributed by atoms with Crippen LogP contribution in [0.2, 0.25) is 0 Å². The number of rotatable bonds is 6. The normalized spacial score (nSPS) is 27.5. The topological polar surface area (TPSA) is 76.5 Å². The first-order valence-corrected chi connectivity index (χ1v) is 7.41. The number of hydrogen-bond donors (Lipinski definition) is 2. The Morgan fingerprint density at radius 1 is 1.67 bits per heavy atom. The SMILES string of the molecule is NC1(C(=O)O)CCCC1CCSCc1ccco1. The second-order valence-electron chi connectivity index (χ2n) is 4.86. The van der Waals surface area contributed by atoms with Gasteiger partial charge in [-0.15, -0.1) is 0 Å². The number of thioether (sulfide) groups is 1. The van der Waals surface area contributed by atoms with E-state index in [1.807, 2.05) is 12.1 Å². The van der Waals surface area contributed by atoms with Crippen molar-refractivity contribution >= 4 is 17.7 Å². The van der Waals surface area contributed by atoms with E-state index in [9.17, 15) is 9.90 Å². The van der Waals surface area contributed by atoms with E-state index in [1.165, 1.54) is 0 Å². The molecular formula is C13H19NO3S. The molecule has 1 aromatic heterocycles. The van der Waals surface area contributed by atoms with Crippen LogP contribution >= 0.6 is 11.8 Å². The van der Waals surface area contributed by atoms with Crippen molar-refractivity contribution in [1.29, 1.82) is 0 Å². The lowest BCUT2D eigenvalue weighted by molar-refractivity contribution is -0.144. The molecule has 0 bridgehead atoms. The number of carboxylic acid groups (broad SMARTS) is 1. The van der Waals surface area contributed by atoms with Gasteiger partial charge in [-0.1, -0.05) is 6.42 Å². The summed E-state index contributed by atoms with van der Waals surface area (Å²) in [4.78, 5) is 11.2.